The molecule has 2 N–H and O–H groups in total. The number of hydrogen-bond donors (Lipinski definition) is 1. The molecule has 1 aliphatic rings. The molecular weight excluding hydrogens is 200 g/mol. The molecule has 0 aliphatic carbocycles. The molecule has 1 aromatic rings. The van der Waals surface area contributed by atoms with Crippen LogP contribution in [0.5, 0.6) is 0 Å². The molecule has 2 rings (SSSR count). The van der Waals surface area contributed by atoms with E-state index in [2.05, 4.69) is 0 Å². The zero-order valence-electron chi connectivity index (χ0n) is 9.86. The lowest BCUT2D eigenvalue weighted by atomic mass is 10.1. The maximum absolute atomic E-state index is 11.9. The number of nitrogens with two attached hydrogens (primary N) is 1. The first-order valence-electron chi connectivity index (χ1n) is 5.70. The van der Waals surface area contributed by atoms with Crippen molar-refractivity contribution in [3.8, 4) is 0 Å². The molecular formula is C13H18N2O. The first-order valence-corrected chi connectivity index (χ1v) is 5.70. The molecule has 1 fully saturated rings. The van der Waals surface area contributed by atoms with Crippen LogP contribution in [0, 0.1) is 19.8 Å². The minimum Gasteiger partial charge on any atom is -0.330 e. The molecule has 16 heavy (non-hydrogen) atoms. The maximum Gasteiger partial charge on any atom is 0.227 e. The number of hydrogen-bond acceptors (Lipinski definition) is 2. The van der Waals surface area contributed by atoms with Gasteiger partial charge in [-0.25, -0.2) is 0 Å². The summed E-state index contributed by atoms with van der Waals surface area (Å²) in [7, 11) is 0. The summed E-state index contributed by atoms with van der Waals surface area (Å²) in [5.41, 5.74) is 9.02. The Hall–Kier alpha value is -1.35. The van der Waals surface area contributed by atoms with Crippen LogP contribution in [0.2, 0.25) is 0 Å². The lowest BCUT2D eigenvalue weighted by molar-refractivity contribution is -0.117. The van der Waals surface area contributed by atoms with E-state index in [1.165, 1.54) is 0 Å². The molecule has 0 aromatic heterocycles. The molecule has 1 aromatic carbocycles. The Bertz CT molecular complexity index is 394. The number of rotatable bonds is 2. The smallest absolute Gasteiger partial charge is 0.227 e. The van der Waals surface area contributed by atoms with Gasteiger partial charge in [0.25, 0.3) is 0 Å². The highest BCUT2D eigenvalue weighted by Crippen LogP contribution is 2.30. The summed E-state index contributed by atoms with van der Waals surface area (Å²) in [5.74, 6) is 0.513. The Morgan fingerprint density at radius 1 is 1.38 bits per heavy atom. The fourth-order valence-corrected chi connectivity index (χ4v) is 2.39. The van der Waals surface area contributed by atoms with Gasteiger partial charge in [-0.1, -0.05) is 18.2 Å². The van der Waals surface area contributed by atoms with Gasteiger partial charge in [0.15, 0.2) is 0 Å². The number of carbonyl (C=O) groups excluding carboxylic acids is 1. The zero-order valence-corrected chi connectivity index (χ0v) is 9.86. The third kappa shape index (κ3) is 1.83. The average molecular weight is 218 g/mol. The standard InChI is InChI=1S/C13H18N2O/c1-9-4-3-5-10(2)13(9)15-8-11(7-14)6-12(15)16/h3-5,11H,6-8,14H2,1-2H3. The number of benzene rings is 1. The third-order valence-corrected chi connectivity index (χ3v) is 3.25. The van der Waals surface area contributed by atoms with Gasteiger partial charge in [0, 0.05) is 18.7 Å². The fourth-order valence-electron chi connectivity index (χ4n) is 2.39. The summed E-state index contributed by atoms with van der Waals surface area (Å²) in [6.45, 7) is 5.45. The highest BCUT2D eigenvalue weighted by atomic mass is 16.2. The van der Waals surface area contributed by atoms with E-state index in [0.717, 1.165) is 23.4 Å². The predicted octanol–water partition coefficient (Wildman–Crippen LogP) is 1.62. The van der Waals surface area contributed by atoms with E-state index in [0.29, 0.717) is 18.9 Å². The Morgan fingerprint density at radius 3 is 2.50 bits per heavy atom. The summed E-state index contributed by atoms with van der Waals surface area (Å²) in [6, 6.07) is 6.12. The van der Waals surface area contributed by atoms with E-state index in [9.17, 15) is 4.79 Å². The largest absolute Gasteiger partial charge is 0.330 e. The Kier molecular flexibility index (Phi) is 2.97. The van der Waals surface area contributed by atoms with Gasteiger partial charge in [0.2, 0.25) is 5.91 Å². The fraction of sp³-hybridized carbons (Fsp3) is 0.462. The van der Waals surface area contributed by atoms with Crippen LogP contribution < -0.4 is 10.6 Å². The molecule has 0 spiro atoms. The molecule has 1 saturated heterocycles. The van der Waals surface area contributed by atoms with Crippen molar-refractivity contribution in [2.24, 2.45) is 11.7 Å². The summed E-state index contributed by atoms with van der Waals surface area (Å²) < 4.78 is 0. The molecule has 1 amide bonds. The van der Waals surface area contributed by atoms with Crippen LogP contribution in [-0.2, 0) is 4.79 Å². The number of carbonyl (C=O) groups is 1. The molecule has 3 heteroatoms. The van der Waals surface area contributed by atoms with Crippen LogP contribution >= 0.6 is 0 Å². The van der Waals surface area contributed by atoms with E-state index in [-0.39, 0.29) is 5.91 Å². The average Bonchev–Trinajstić information content (AvgIpc) is 2.60. The Labute approximate surface area is 96.2 Å². The minimum absolute atomic E-state index is 0.202. The topological polar surface area (TPSA) is 46.3 Å². The van der Waals surface area contributed by atoms with Crippen molar-refractivity contribution in [3.05, 3.63) is 29.3 Å². The minimum atomic E-state index is 0.202. The predicted molar refractivity (Wildman–Crippen MR) is 65.4 cm³/mol. The van der Waals surface area contributed by atoms with E-state index in [4.69, 9.17) is 5.73 Å². The van der Waals surface area contributed by atoms with Crippen LogP contribution in [0.25, 0.3) is 0 Å². The van der Waals surface area contributed by atoms with E-state index in [1.54, 1.807) is 0 Å². The highest BCUT2D eigenvalue weighted by Gasteiger charge is 2.30. The van der Waals surface area contributed by atoms with Gasteiger partial charge in [-0.15, -0.1) is 0 Å². The number of aryl methyl sites for hydroxylation is 2. The second-order valence-electron chi connectivity index (χ2n) is 4.55. The first-order chi connectivity index (χ1) is 7.63. The molecule has 86 valence electrons. The molecule has 0 bridgehead atoms. The van der Waals surface area contributed by atoms with Gasteiger partial charge in [-0.2, -0.15) is 0 Å². The Morgan fingerprint density at radius 2 is 2.00 bits per heavy atom. The van der Waals surface area contributed by atoms with E-state index in [1.807, 2.05) is 36.9 Å². The monoisotopic (exact) mass is 218 g/mol. The van der Waals surface area contributed by atoms with Crippen molar-refractivity contribution >= 4 is 11.6 Å². The summed E-state index contributed by atoms with van der Waals surface area (Å²) in [6.07, 6.45) is 0.588. The van der Waals surface area contributed by atoms with Gasteiger partial charge in [0.05, 0.1) is 0 Å². The number of para-hydroxylation sites is 1. The molecule has 3 nitrogen and oxygen atoms in total. The number of amides is 1. The Balaban J connectivity index is 2.35. The molecule has 1 aliphatic heterocycles. The van der Waals surface area contributed by atoms with Gasteiger partial charge in [-0.05, 0) is 37.4 Å². The lowest BCUT2D eigenvalue weighted by Gasteiger charge is -2.21. The molecule has 1 heterocycles. The quantitative estimate of drug-likeness (QED) is 0.819. The third-order valence-electron chi connectivity index (χ3n) is 3.25. The van der Waals surface area contributed by atoms with Gasteiger partial charge in [-0.3, -0.25) is 4.79 Å². The molecule has 1 unspecified atom stereocenters. The van der Waals surface area contributed by atoms with E-state index < -0.39 is 0 Å². The lowest BCUT2D eigenvalue weighted by Crippen LogP contribution is -2.27. The second kappa shape index (κ2) is 4.26. The first kappa shape index (κ1) is 11.1. The second-order valence-corrected chi connectivity index (χ2v) is 4.55. The van der Waals surface area contributed by atoms with Crippen LogP contribution in [0.3, 0.4) is 0 Å². The van der Waals surface area contributed by atoms with Crippen molar-refractivity contribution in [2.75, 3.05) is 18.0 Å². The van der Waals surface area contributed by atoms with Crippen molar-refractivity contribution in [1.29, 1.82) is 0 Å². The van der Waals surface area contributed by atoms with Gasteiger partial charge < -0.3 is 10.6 Å². The molecule has 0 radical (unpaired) electrons. The maximum atomic E-state index is 11.9. The molecule has 0 saturated carbocycles. The summed E-state index contributed by atoms with van der Waals surface area (Å²) in [4.78, 5) is 13.8. The van der Waals surface area contributed by atoms with Crippen LogP contribution in [0.4, 0.5) is 5.69 Å². The van der Waals surface area contributed by atoms with Gasteiger partial charge >= 0.3 is 0 Å². The highest BCUT2D eigenvalue weighted by molar-refractivity contribution is 5.97. The van der Waals surface area contributed by atoms with Crippen LogP contribution in [-0.4, -0.2) is 19.0 Å². The van der Waals surface area contributed by atoms with Crippen molar-refractivity contribution in [1.82, 2.24) is 0 Å². The molecule has 1 atom stereocenters. The summed E-state index contributed by atoms with van der Waals surface area (Å²) >= 11 is 0. The van der Waals surface area contributed by atoms with Crippen molar-refractivity contribution < 1.29 is 4.79 Å². The zero-order chi connectivity index (χ0) is 11.7. The number of anilines is 1. The number of nitrogens with zero attached hydrogens (tertiary/aromatic N) is 1. The van der Waals surface area contributed by atoms with Crippen LogP contribution in [0.1, 0.15) is 17.5 Å². The van der Waals surface area contributed by atoms with E-state index >= 15 is 0 Å². The van der Waals surface area contributed by atoms with Crippen molar-refractivity contribution in [2.45, 2.75) is 20.3 Å². The van der Waals surface area contributed by atoms with Crippen molar-refractivity contribution in [3.63, 3.8) is 0 Å². The van der Waals surface area contributed by atoms with Gasteiger partial charge in [0.1, 0.15) is 0 Å². The summed E-state index contributed by atoms with van der Waals surface area (Å²) in [5, 5.41) is 0. The normalized spacial score (nSPS) is 20.6. The van der Waals surface area contributed by atoms with Crippen LogP contribution in [0.15, 0.2) is 18.2 Å². The SMILES string of the molecule is Cc1cccc(C)c1N1CC(CN)CC1=O.